The summed E-state index contributed by atoms with van der Waals surface area (Å²) in [5.74, 6) is 0. The molecule has 1 aliphatic rings. The van der Waals surface area contributed by atoms with Gasteiger partial charge in [-0.2, -0.15) is 0 Å². The maximum Gasteiger partial charge on any atom is 0.0297 e. The van der Waals surface area contributed by atoms with E-state index >= 15 is 0 Å². The van der Waals surface area contributed by atoms with Crippen molar-refractivity contribution in [1.29, 1.82) is 0 Å². The van der Waals surface area contributed by atoms with Crippen LogP contribution in [0, 0.1) is 0 Å². The summed E-state index contributed by atoms with van der Waals surface area (Å²) in [5, 5.41) is 0. The Balaban J connectivity index is 0.000000640. The zero-order chi connectivity index (χ0) is 5.98. The highest BCUT2D eigenvalue weighted by Crippen LogP contribution is 2.22. The lowest BCUT2D eigenvalue weighted by Crippen LogP contribution is -2.33. The molecule has 9 heavy (non-hydrogen) atoms. The second-order valence-electron chi connectivity index (χ2n) is 2.46. The number of hydrogen-bond donors (Lipinski definition) is 1. The van der Waals surface area contributed by atoms with E-state index in [0.717, 1.165) is 0 Å². The van der Waals surface area contributed by atoms with Crippen LogP contribution in [-0.2, 0) is 0 Å². The Kier molecular flexibility index (Phi) is 5.17. The highest BCUT2D eigenvalue weighted by molar-refractivity contribution is 9.09. The van der Waals surface area contributed by atoms with Crippen LogP contribution in [0.5, 0.6) is 0 Å². The van der Waals surface area contributed by atoms with Crippen molar-refractivity contribution in [3.8, 4) is 0 Å². The predicted octanol–water partition coefficient (Wildman–Crippen LogP) is 2.23. The molecule has 1 rings (SSSR count). The molecule has 1 nitrogen and oxygen atoms in total. The summed E-state index contributed by atoms with van der Waals surface area (Å²) in [4.78, 5) is 0.594. The van der Waals surface area contributed by atoms with E-state index in [0.29, 0.717) is 10.9 Å². The molecule has 2 N–H and O–H groups in total. The SMILES string of the molecule is Br.N[C@@H]1CCCC[C@@H]1Br. The van der Waals surface area contributed by atoms with Gasteiger partial charge in [0.05, 0.1) is 0 Å². The molecule has 0 saturated heterocycles. The molecule has 0 aliphatic heterocycles. The average Bonchev–Trinajstić information content (AvgIpc) is 1.77. The molecule has 0 unspecified atom stereocenters. The molecule has 3 heteroatoms. The smallest absolute Gasteiger partial charge is 0.0297 e. The first kappa shape index (κ1) is 9.92. The number of hydrogen-bond acceptors (Lipinski definition) is 1. The summed E-state index contributed by atoms with van der Waals surface area (Å²) in [6.45, 7) is 0. The van der Waals surface area contributed by atoms with Crippen molar-refractivity contribution in [3.63, 3.8) is 0 Å². The van der Waals surface area contributed by atoms with Crippen molar-refractivity contribution in [2.24, 2.45) is 5.73 Å². The first-order chi connectivity index (χ1) is 3.80. The molecule has 1 aliphatic carbocycles. The Morgan fingerprint density at radius 2 is 1.78 bits per heavy atom. The Morgan fingerprint density at radius 1 is 1.22 bits per heavy atom. The molecule has 0 aromatic rings. The fraction of sp³-hybridized carbons (Fsp3) is 1.00. The summed E-state index contributed by atoms with van der Waals surface area (Å²) in [5.41, 5.74) is 5.73. The minimum absolute atomic E-state index is 0. The van der Waals surface area contributed by atoms with Crippen LogP contribution in [-0.4, -0.2) is 10.9 Å². The van der Waals surface area contributed by atoms with Crippen molar-refractivity contribution in [3.05, 3.63) is 0 Å². The Hall–Kier alpha value is 0.920. The maximum absolute atomic E-state index is 5.73. The van der Waals surface area contributed by atoms with E-state index in [1.807, 2.05) is 0 Å². The second kappa shape index (κ2) is 4.69. The summed E-state index contributed by atoms with van der Waals surface area (Å²) in [6, 6.07) is 0.420. The molecule has 0 radical (unpaired) electrons. The van der Waals surface area contributed by atoms with Crippen LogP contribution >= 0.6 is 32.9 Å². The van der Waals surface area contributed by atoms with E-state index in [4.69, 9.17) is 5.73 Å². The number of rotatable bonds is 0. The van der Waals surface area contributed by atoms with Gasteiger partial charge in [0.1, 0.15) is 0 Å². The molecular formula is C6H13Br2N. The normalized spacial score (nSPS) is 35.3. The van der Waals surface area contributed by atoms with Gasteiger partial charge in [0.2, 0.25) is 0 Å². The molecule has 2 atom stereocenters. The van der Waals surface area contributed by atoms with Gasteiger partial charge >= 0.3 is 0 Å². The number of alkyl halides is 1. The number of nitrogens with two attached hydrogens (primary N) is 1. The van der Waals surface area contributed by atoms with E-state index in [-0.39, 0.29) is 17.0 Å². The van der Waals surface area contributed by atoms with E-state index < -0.39 is 0 Å². The summed E-state index contributed by atoms with van der Waals surface area (Å²) >= 11 is 3.53. The van der Waals surface area contributed by atoms with Crippen LogP contribution < -0.4 is 5.73 Å². The predicted molar refractivity (Wildman–Crippen MR) is 49.5 cm³/mol. The summed E-state index contributed by atoms with van der Waals surface area (Å²) in [6.07, 6.45) is 5.14. The molecule has 0 amide bonds. The molecule has 56 valence electrons. The molecular weight excluding hydrogens is 246 g/mol. The number of halogens is 2. The van der Waals surface area contributed by atoms with Gasteiger partial charge in [-0.3, -0.25) is 0 Å². The van der Waals surface area contributed by atoms with Crippen LogP contribution in [0.15, 0.2) is 0 Å². The van der Waals surface area contributed by atoms with E-state index in [2.05, 4.69) is 15.9 Å². The molecule has 1 saturated carbocycles. The van der Waals surface area contributed by atoms with E-state index in [1.165, 1.54) is 25.7 Å². The lowest BCUT2D eigenvalue weighted by molar-refractivity contribution is 0.458. The molecule has 0 aromatic heterocycles. The van der Waals surface area contributed by atoms with Crippen molar-refractivity contribution in [2.45, 2.75) is 36.6 Å². The first-order valence-electron chi connectivity index (χ1n) is 3.20. The Morgan fingerprint density at radius 3 is 2.11 bits per heavy atom. The third-order valence-electron chi connectivity index (χ3n) is 1.73. The van der Waals surface area contributed by atoms with Crippen LogP contribution in [0.4, 0.5) is 0 Å². The molecule has 0 heterocycles. The highest BCUT2D eigenvalue weighted by atomic mass is 79.9. The standard InChI is InChI=1S/C6H12BrN.BrH/c7-5-3-1-2-4-6(5)8;/h5-6H,1-4,8H2;1H/t5-,6+;/m0./s1. The van der Waals surface area contributed by atoms with Gasteiger partial charge in [-0.15, -0.1) is 17.0 Å². The monoisotopic (exact) mass is 257 g/mol. The van der Waals surface area contributed by atoms with Gasteiger partial charge in [0.25, 0.3) is 0 Å². The van der Waals surface area contributed by atoms with Gasteiger partial charge in [-0.1, -0.05) is 28.8 Å². The lowest BCUT2D eigenvalue weighted by Gasteiger charge is -2.22. The van der Waals surface area contributed by atoms with Gasteiger partial charge in [0, 0.05) is 10.9 Å². The van der Waals surface area contributed by atoms with Crippen LogP contribution in [0.25, 0.3) is 0 Å². The topological polar surface area (TPSA) is 26.0 Å². The summed E-state index contributed by atoms with van der Waals surface area (Å²) < 4.78 is 0. The Labute approximate surface area is 75.3 Å². The third-order valence-corrected chi connectivity index (χ3v) is 2.87. The van der Waals surface area contributed by atoms with E-state index in [1.54, 1.807) is 0 Å². The van der Waals surface area contributed by atoms with Gasteiger partial charge in [-0.05, 0) is 12.8 Å². The van der Waals surface area contributed by atoms with E-state index in [9.17, 15) is 0 Å². The average molecular weight is 259 g/mol. The van der Waals surface area contributed by atoms with Gasteiger partial charge < -0.3 is 5.73 Å². The lowest BCUT2D eigenvalue weighted by atomic mass is 9.96. The van der Waals surface area contributed by atoms with Crippen LogP contribution in [0.2, 0.25) is 0 Å². The molecule has 0 bridgehead atoms. The quantitative estimate of drug-likeness (QED) is 0.663. The zero-order valence-electron chi connectivity index (χ0n) is 5.35. The van der Waals surface area contributed by atoms with Crippen molar-refractivity contribution in [1.82, 2.24) is 0 Å². The molecule has 1 fully saturated rings. The van der Waals surface area contributed by atoms with Crippen LogP contribution in [0.1, 0.15) is 25.7 Å². The first-order valence-corrected chi connectivity index (χ1v) is 4.12. The minimum Gasteiger partial charge on any atom is -0.327 e. The van der Waals surface area contributed by atoms with Crippen LogP contribution in [0.3, 0.4) is 0 Å². The van der Waals surface area contributed by atoms with Crippen molar-refractivity contribution < 1.29 is 0 Å². The fourth-order valence-corrected chi connectivity index (χ4v) is 1.70. The maximum atomic E-state index is 5.73. The second-order valence-corrected chi connectivity index (χ2v) is 3.64. The highest BCUT2D eigenvalue weighted by Gasteiger charge is 2.17. The van der Waals surface area contributed by atoms with Crippen molar-refractivity contribution >= 4 is 32.9 Å². The summed E-state index contributed by atoms with van der Waals surface area (Å²) in [7, 11) is 0. The molecule has 0 spiro atoms. The fourth-order valence-electron chi connectivity index (χ4n) is 1.11. The largest absolute Gasteiger partial charge is 0.327 e. The minimum atomic E-state index is 0. The molecule has 0 aromatic carbocycles. The Bertz CT molecular complexity index is 67.5. The van der Waals surface area contributed by atoms with Gasteiger partial charge in [0.15, 0.2) is 0 Å². The van der Waals surface area contributed by atoms with Gasteiger partial charge in [-0.25, -0.2) is 0 Å². The van der Waals surface area contributed by atoms with Crippen molar-refractivity contribution in [2.75, 3.05) is 0 Å². The third kappa shape index (κ3) is 3.01. The zero-order valence-corrected chi connectivity index (χ0v) is 8.65.